The zero-order valence-corrected chi connectivity index (χ0v) is 11.1. The van der Waals surface area contributed by atoms with Crippen molar-refractivity contribution >= 4 is 16.9 Å². The molecule has 3 heteroatoms. The third kappa shape index (κ3) is 1.80. The number of fused-ring (bicyclic) bond motifs is 1. The monoisotopic (exact) mass is 245 g/mol. The van der Waals surface area contributed by atoms with Gasteiger partial charge in [0.1, 0.15) is 5.54 Å². The predicted octanol–water partition coefficient (Wildman–Crippen LogP) is 3.55. The van der Waals surface area contributed by atoms with Crippen LogP contribution in [0, 0.1) is 6.92 Å². The first-order valence-corrected chi connectivity index (χ1v) is 6.31. The van der Waals surface area contributed by atoms with Gasteiger partial charge in [-0.1, -0.05) is 25.5 Å². The summed E-state index contributed by atoms with van der Waals surface area (Å²) in [4.78, 5) is 11.6. The summed E-state index contributed by atoms with van der Waals surface area (Å²) in [6, 6.07) is 8.01. The van der Waals surface area contributed by atoms with Crippen LogP contribution >= 0.6 is 0 Å². The number of hydrogen-bond acceptors (Lipinski definition) is 1. The van der Waals surface area contributed by atoms with Gasteiger partial charge < -0.3 is 9.67 Å². The fourth-order valence-corrected chi connectivity index (χ4v) is 2.57. The third-order valence-corrected chi connectivity index (χ3v) is 3.68. The minimum Gasteiger partial charge on any atom is -0.479 e. The molecule has 0 aliphatic heterocycles. The number of aliphatic carboxylic acids is 1. The molecule has 0 spiro atoms. The maximum atomic E-state index is 11.6. The van der Waals surface area contributed by atoms with E-state index in [1.807, 2.05) is 48.9 Å². The second kappa shape index (κ2) is 4.48. The van der Waals surface area contributed by atoms with Crippen LogP contribution in [-0.4, -0.2) is 15.6 Å². The second-order valence-electron chi connectivity index (χ2n) is 5.02. The number of benzene rings is 1. The summed E-state index contributed by atoms with van der Waals surface area (Å²) in [5.41, 5.74) is 1.30. The first-order chi connectivity index (χ1) is 8.50. The van der Waals surface area contributed by atoms with Crippen molar-refractivity contribution in [1.82, 2.24) is 4.57 Å². The largest absolute Gasteiger partial charge is 0.479 e. The molecule has 1 N–H and O–H groups in total. The molecule has 1 unspecified atom stereocenters. The van der Waals surface area contributed by atoms with Crippen LogP contribution in [0.4, 0.5) is 0 Å². The van der Waals surface area contributed by atoms with Crippen molar-refractivity contribution in [3.8, 4) is 0 Å². The smallest absolute Gasteiger partial charge is 0.329 e. The Morgan fingerprint density at radius 2 is 2.11 bits per heavy atom. The molecule has 1 aromatic heterocycles. The van der Waals surface area contributed by atoms with E-state index in [1.165, 1.54) is 5.56 Å². The van der Waals surface area contributed by atoms with Crippen molar-refractivity contribution < 1.29 is 9.90 Å². The Hall–Kier alpha value is -1.77. The summed E-state index contributed by atoms with van der Waals surface area (Å²) in [5.74, 6) is -0.775. The van der Waals surface area contributed by atoms with Gasteiger partial charge in [-0.25, -0.2) is 4.79 Å². The Morgan fingerprint density at radius 3 is 2.72 bits per heavy atom. The third-order valence-electron chi connectivity index (χ3n) is 3.68. The zero-order chi connectivity index (χ0) is 13.3. The summed E-state index contributed by atoms with van der Waals surface area (Å²) in [5, 5.41) is 10.7. The first-order valence-electron chi connectivity index (χ1n) is 6.31. The van der Waals surface area contributed by atoms with E-state index < -0.39 is 11.5 Å². The number of carbonyl (C=O) groups is 1. The summed E-state index contributed by atoms with van der Waals surface area (Å²) < 4.78 is 1.89. The van der Waals surface area contributed by atoms with Crippen LogP contribution in [-0.2, 0) is 10.3 Å². The van der Waals surface area contributed by atoms with Crippen molar-refractivity contribution in [2.24, 2.45) is 0 Å². The maximum Gasteiger partial charge on any atom is 0.329 e. The first kappa shape index (κ1) is 12.7. The molecule has 96 valence electrons. The molecule has 3 nitrogen and oxygen atoms in total. The SMILES string of the molecule is CCCC(C)(C(=O)O)n1ccc2c(C)cccc21. The van der Waals surface area contributed by atoms with Crippen molar-refractivity contribution in [3.63, 3.8) is 0 Å². The molecule has 1 atom stereocenters. The molecule has 2 rings (SSSR count). The fourth-order valence-electron chi connectivity index (χ4n) is 2.57. The number of carboxylic acid groups (broad SMARTS) is 1. The molecule has 0 aliphatic carbocycles. The molecule has 2 aromatic rings. The minimum absolute atomic E-state index is 0.625. The van der Waals surface area contributed by atoms with Crippen molar-refractivity contribution in [2.75, 3.05) is 0 Å². The molecule has 0 amide bonds. The van der Waals surface area contributed by atoms with Crippen molar-refractivity contribution in [2.45, 2.75) is 39.2 Å². The van der Waals surface area contributed by atoms with Crippen LogP contribution in [0.3, 0.4) is 0 Å². The summed E-state index contributed by atoms with van der Waals surface area (Å²) in [6.07, 6.45) is 3.36. The average molecular weight is 245 g/mol. The highest BCUT2D eigenvalue weighted by molar-refractivity contribution is 5.86. The molecule has 0 fully saturated rings. The Bertz CT molecular complexity index is 585. The summed E-state index contributed by atoms with van der Waals surface area (Å²) in [6.45, 7) is 5.85. The molecular weight excluding hydrogens is 226 g/mol. The number of aryl methyl sites for hydroxylation is 1. The van der Waals surface area contributed by atoms with Gasteiger partial charge in [0.15, 0.2) is 0 Å². The van der Waals surface area contributed by atoms with Gasteiger partial charge in [0.2, 0.25) is 0 Å². The Balaban J connectivity index is 2.66. The standard InChI is InChI=1S/C15H19NO2/c1-4-9-15(3,14(17)18)16-10-8-12-11(2)6-5-7-13(12)16/h5-8,10H,4,9H2,1-3H3,(H,17,18). The van der Waals surface area contributed by atoms with Gasteiger partial charge in [-0.15, -0.1) is 0 Å². The predicted molar refractivity (Wildman–Crippen MR) is 72.9 cm³/mol. The van der Waals surface area contributed by atoms with Gasteiger partial charge in [0.25, 0.3) is 0 Å². The Kier molecular flexibility index (Phi) is 3.16. The van der Waals surface area contributed by atoms with Gasteiger partial charge >= 0.3 is 5.97 Å². The molecule has 0 aliphatic rings. The maximum absolute atomic E-state index is 11.6. The summed E-state index contributed by atoms with van der Waals surface area (Å²) >= 11 is 0. The molecule has 0 saturated heterocycles. The van der Waals surface area contributed by atoms with Crippen molar-refractivity contribution in [3.05, 3.63) is 36.0 Å². The molecule has 0 radical (unpaired) electrons. The second-order valence-corrected chi connectivity index (χ2v) is 5.02. The highest BCUT2D eigenvalue weighted by Crippen LogP contribution is 2.30. The van der Waals surface area contributed by atoms with Crippen LogP contribution < -0.4 is 0 Å². The quantitative estimate of drug-likeness (QED) is 0.895. The van der Waals surface area contributed by atoms with Gasteiger partial charge in [-0.05, 0) is 38.0 Å². The number of aromatic nitrogens is 1. The van der Waals surface area contributed by atoms with Crippen LogP contribution in [0.15, 0.2) is 30.5 Å². The topological polar surface area (TPSA) is 42.2 Å². The van der Waals surface area contributed by atoms with Gasteiger partial charge in [-0.2, -0.15) is 0 Å². The number of carboxylic acids is 1. The Morgan fingerprint density at radius 1 is 1.39 bits per heavy atom. The molecule has 18 heavy (non-hydrogen) atoms. The summed E-state index contributed by atoms with van der Waals surface area (Å²) in [7, 11) is 0. The van der Waals surface area contributed by atoms with E-state index >= 15 is 0 Å². The van der Waals surface area contributed by atoms with E-state index in [9.17, 15) is 9.90 Å². The normalized spacial score (nSPS) is 14.6. The van der Waals surface area contributed by atoms with Crippen LogP contribution in [0.1, 0.15) is 32.3 Å². The van der Waals surface area contributed by atoms with Crippen LogP contribution in [0.5, 0.6) is 0 Å². The lowest BCUT2D eigenvalue weighted by Crippen LogP contribution is -2.38. The molecule has 1 heterocycles. The van der Waals surface area contributed by atoms with E-state index in [-0.39, 0.29) is 0 Å². The molecule has 1 aromatic carbocycles. The lowest BCUT2D eigenvalue weighted by atomic mass is 9.95. The molecule has 0 bridgehead atoms. The highest BCUT2D eigenvalue weighted by Gasteiger charge is 2.34. The van der Waals surface area contributed by atoms with Crippen LogP contribution in [0.2, 0.25) is 0 Å². The fraction of sp³-hybridized carbons (Fsp3) is 0.400. The minimum atomic E-state index is -0.871. The van der Waals surface area contributed by atoms with E-state index in [0.717, 1.165) is 17.3 Å². The molecular formula is C15H19NO2. The lowest BCUT2D eigenvalue weighted by molar-refractivity contribution is -0.146. The number of hydrogen-bond donors (Lipinski definition) is 1. The van der Waals surface area contributed by atoms with Gasteiger partial charge in [-0.3, -0.25) is 0 Å². The van der Waals surface area contributed by atoms with E-state index in [0.29, 0.717) is 6.42 Å². The van der Waals surface area contributed by atoms with Gasteiger partial charge in [0.05, 0.1) is 0 Å². The lowest BCUT2D eigenvalue weighted by Gasteiger charge is -2.27. The zero-order valence-electron chi connectivity index (χ0n) is 11.1. The van der Waals surface area contributed by atoms with E-state index in [1.54, 1.807) is 6.92 Å². The van der Waals surface area contributed by atoms with E-state index in [4.69, 9.17) is 0 Å². The van der Waals surface area contributed by atoms with Crippen molar-refractivity contribution in [1.29, 1.82) is 0 Å². The number of nitrogens with zero attached hydrogens (tertiary/aromatic N) is 1. The molecule has 0 saturated carbocycles. The number of rotatable bonds is 4. The average Bonchev–Trinajstić information content (AvgIpc) is 2.74. The highest BCUT2D eigenvalue weighted by atomic mass is 16.4. The van der Waals surface area contributed by atoms with Gasteiger partial charge in [0, 0.05) is 17.1 Å². The van der Waals surface area contributed by atoms with Crippen LogP contribution in [0.25, 0.3) is 10.9 Å². The Labute approximate surface area is 107 Å². The van der Waals surface area contributed by atoms with E-state index in [2.05, 4.69) is 0 Å².